The Hall–Kier alpha value is -3.43. The lowest BCUT2D eigenvalue weighted by Gasteiger charge is -2.36. The topological polar surface area (TPSA) is 94.3 Å². The van der Waals surface area contributed by atoms with Crippen LogP contribution >= 0.6 is 0 Å². The third kappa shape index (κ3) is 4.74. The molecule has 0 amide bonds. The third-order valence-electron chi connectivity index (χ3n) is 4.16. The molecule has 0 aliphatic carbocycles. The quantitative estimate of drug-likeness (QED) is 0.410. The lowest BCUT2D eigenvalue weighted by Crippen LogP contribution is -2.65. The van der Waals surface area contributed by atoms with E-state index in [4.69, 9.17) is 16.7 Å². The zero-order valence-corrected chi connectivity index (χ0v) is 15.9. The average molecular weight is 469 g/mol. The van der Waals surface area contributed by atoms with E-state index in [1.807, 2.05) is 0 Å². The second-order valence-corrected chi connectivity index (χ2v) is 6.57. The number of hydrogen-bond acceptors (Lipinski definition) is 5. The van der Waals surface area contributed by atoms with Gasteiger partial charge in [-0.15, -0.1) is 0 Å². The van der Waals surface area contributed by atoms with Crippen LogP contribution in [0.5, 0.6) is 11.5 Å². The number of alkyl halides is 8. The van der Waals surface area contributed by atoms with Crippen LogP contribution in [0.25, 0.3) is 0 Å². The maximum atomic E-state index is 14.0. The molecule has 13 heteroatoms. The smallest absolute Gasteiger partial charge is 0.381 e. The van der Waals surface area contributed by atoms with E-state index < -0.39 is 48.4 Å². The van der Waals surface area contributed by atoms with Gasteiger partial charge in [-0.1, -0.05) is 0 Å². The molecule has 5 nitrogen and oxygen atoms in total. The number of rotatable bonds is 9. The van der Waals surface area contributed by atoms with Crippen molar-refractivity contribution in [1.82, 2.24) is 0 Å². The second-order valence-electron chi connectivity index (χ2n) is 6.57. The zero-order valence-electron chi connectivity index (χ0n) is 15.9. The molecule has 4 N–H and O–H groups in total. The van der Waals surface area contributed by atoms with Gasteiger partial charge in [0.25, 0.3) is 0 Å². The number of hydrogen-bond donors (Lipinski definition) is 2. The van der Waals surface area contributed by atoms with Crippen molar-refractivity contribution in [2.75, 3.05) is 24.7 Å². The maximum absolute atomic E-state index is 14.0. The van der Waals surface area contributed by atoms with Crippen LogP contribution in [0.3, 0.4) is 0 Å². The SMILES string of the molecule is N#Cc1ccc(OCC(F)(F)C(F)(F)C(F)(F)C(F)(F)COc2cc(N)ccc2N)cc1. The Balaban J connectivity index is 2.17. The molecule has 0 saturated heterocycles. The van der Waals surface area contributed by atoms with Crippen LogP contribution in [0.1, 0.15) is 5.56 Å². The van der Waals surface area contributed by atoms with Crippen molar-refractivity contribution in [3.8, 4) is 17.6 Å². The molecule has 32 heavy (non-hydrogen) atoms. The van der Waals surface area contributed by atoms with E-state index in [0.717, 1.165) is 36.4 Å². The summed E-state index contributed by atoms with van der Waals surface area (Å²) in [5.74, 6) is -25.7. The molecule has 174 valence electrons. The first-order valence-corrected chi connectivity index (χ1v) is 8.56. The van der Waals surface area contributed by atoms with Gasteiger partial charge in [-0.05, 0) is 36.4 Å². The molecule has 0 aliphatic rings. The number of nitrogens with two attached hydrogens (primary N) is 2. The van der Waals surface area contributed by atoms with E-state index in [0.29, 0.717) is 0 Å². The highest BCUT2D eigenvalue weighted by Gasteiger charge is 2.81. The fraction of sp³-hybridized carbons (Fsp3) is 0.316. The molecule has 0 atom stereocenters. The van der Waals surface area contributed by atoms with Crippen molar-refractivity contribution in [3.05, 3.63) is 48.0 Å². The van der Waals surface area contributed by atoms with Gasteiger partial charge in [0.15, 0.2) is 13.2 Å². The Bertz CT molecular complexity index is 991. The summed E-state index contributed by atoms with van der Waals surface area (Å²) in [4.78, 5) is 0. The molecule has 0 bridgehead atoms. The maximum Gasteiger partial charge on any atom is 0.381 e. The Kier molecular flexibility index (Phi) is 6.68. The molecule has 0 radical (unpaired) electrons. The number of ether oxygens (including phenoxy) is 2. The number of anilines is 2. The van der Waals surface area contributed by atoms with Crippen molar-refractivity contribution in [3.63, 3.8) is 0 Å². The number of halogens is 8. The first-order valence-electron chi connectivity index (χ1n) is 8.56. The third-order valence-corrected chi connectivity index (χ3v) is 4.16. The van der Waals surface area contributed by atoms with Gasteiger partial charge in [-0.25, -0.2) is 0 Å². The number of nitrogen functional groups attached to an aromatic ring is 2. The standard InChI is InChI=1S/C19H15F8N3O2/c20-16(21,9-31-13-4-1-11(8-28)2-5-13)18(24,25)19(26,27)17(22,23)10-32-15-7-12(29)3-6-14(15)30/h1-7H,9-10,29-30H2. The summed E-state index contributed by atoms with van der Waals surface area (Å²) in [6.07, 6.45) is 0. The van der Waals surface area contributed by atoms with Gasteiger partial charge in [-0.2, -0.15) is 40.4 Å². The molecule has 0 unspecified atom stereocenters. The van der Waals surface area contributed by atoms with E-state index in [9.17, 15) is 35.1 Å². The summed E-state index contributed by atoms with van der Waals surface area (Å²) in [6.45, 7) is -4.74. The Labute approximate surface area is 176 Å². The predicted octanol–water partition coefficient (Wildman–Crippen LogP) is 4.72. The van der Waals surface area contributed by atoms with Crippen molar-refractivity contribution in [2.24, 2.45) is 0 Å². The molecule has 0 spiro atoms. The molecule has 0 aromatic heterocycles. The van der Waals surface area contributed by atoms with Crippen LogP contribution in [0, 0.1) is 11.3 Å². The zero-order chi connectivity index (χ0) is 24.4. The predicted molar refractivity (Wildman–Crippen MR) is 97.2 cm³/mol. The van der Waals surface area contributed by atoms with Crippen LogP contribution in [0.15, 0.2) is 42.5 Å². The van der Waals surface area contributed by atoms with E-state index >= 15 is 0 Å². The van der Waals surface area contributed by atoms with Gasteiger partial charge in [0.1, 0.15) is 11.5 Å². The van der Waals surface area contributed by atoms with Crippen molar-refractivity contribution in [2.45, 2.75) is 23.7 Å². The van der Waals surface area contributed by atoms with Crippen molar-refractivity contribution >= 4 is 11.4 Å². The summed E-state index contributed by atoms with van der Waals surface area (Å²) in [6, 6.07) is 8.86. The molecule has 0 fully saturated rings. The van der Waals surface area contributed by atoms with E-state index in [2.05, 4.69) is 9.47 Å². The van der Waals surface area contributed by atoms with Crippen LogP contribution < -0.4 is 20.9 Å². The summed E-state index contributed by atoms with van der Waals surface area (Å²) >= 11 is 0. The highest BCUT2D eigenvalue weighted by Crippen LogP contribution is 2.52. The van der Waals surface area contributed by atoms with Gasteiger partial charge >= 0.3 is 23.7 Å². The highest BCUT2D eigenvalue weighted by atomic mass is 19.4. The first kappa shape index (κ1) is 24.8. The second kappa shape index (κ2) is 8.60. The molecular formula is C19H15F8N3O2. The minimum absolute atomic E-state index is 0.0684. The summed E-state index contributed by atoms with van der Waals surface area (Å²) in [7, 11) is 0. The largest absolute Gasteiger partial charge is 0.487 e. The number of benzene rings is 2. The summed E-state index contributed by atoms with van der Waals surface area (Å²) in [5.41, 5.74) is 10.4. The fourth-order valence-corrected chi connectivity index (χ4v) is 2.28. The molecule has 2 rings (SSSR count). The number of nitrogens with zero attached hydrogens (tertiary/aromatic N) is 1. The first-order chi connectivity index (χ1) is 14.6. The number of nitriles is 1. The fourth-order valence-electron chi connectivity index (χ4n) is 2.28. The van der Waals surface area contributed by atoms with E-state index in [-0.39, 0.29) is 16.9 Å². The molecule has 0 saturated carbocycles. The molecule has 2 aromatic rings. The lowest BCUT2D eigenvalue weighted by molar-refractivity contribution is -0.371. The van der Waals surface area contributed by atoms with Crippen LogP contribution in [-0.2, 0) is 0 Å². The van der Waals surface area contributed by atoms with Crippen LogP contribution in [0.2, 0.25) is 0 Å². The highest BCUT2D eigenvalue weighted by molar-refractivity contribution is 5.59. The van der Waals surface area contributed by atoms with Crippen molar-refractivity contribution in [1.29, 1.82) is 5.26 Å². The monoisotopic (exact) mass is 469 g/mol. The van der Waals surface area contributed by atoms with Gasteiger partial charge in [0.2, 0.25) is 0 Å². The molecule has 0 aliphatic heterocycles. The van der Waals surface area contributed by atoms with E-state index in [1.54, 1.807) is 6.07 Å². The van der Waals surface area contributed by atoms with Crippen LogP contribution in [0.4, 0.5) is 46.5 Å². The van der Waals surface area contributed by atoms with E-state index in [1.165, 1.54) is 6.07 Å². The lowest BCUT2D eigenvalue weighted by atomic mass is 9.99. The van der Waals surface area contributed by atoms with Crippen molar-refractivity contribution < 1.29 is 44.6 Å². The molecular weight excluding hydrogens is 454 g/mol. The summed E-state index contributed by atoms with van der Waals surface area (Å²) < 4.78 is 120. The average Bonchev–Trinajstić information content (AvgIpc) is 2.73. The summed E-state index contributed by atoms with van der Waals surface area (Å²) in [5, 5.41) is 8.62. The van der Waals surface area contributed by atoms with Gasteiger partial charge in [0, 0.05) is 11.8 Å². The minimum atomic E-state index is -6.55. The van der Waals surface area contributed by atoms with Crippen LogP contribution in [-0.4, -0.2) is 36.9 Å². The van der Waals surface area contributed by atoms with Gasteiger partial charge < -0.3 is 20.9 Å². The van der Waals surface area contributed by atoms with Gasteiger partial charge in [-0.3, -0.25) is 0 Å². The Morgan fingerprint density at radius 3 is 1.75 bits per heavy atom. The minimum Gasteiger partial charge on any atom is -0.487 e. The Morgan fingerprint density at radius 2 is 1.25 bits per heavy atom. The Morgan fingerprint density at radius 1 is 0.750 bits per heavy atom. The normalized spacial score (nSPS) is 12.8. The van der Waals surface area contributed by atoms with Gasteiger partial charge in [0.05, 0.1) is 17.3 Å². The molecule has 2 aromatic carbocycles. The molecule has 0 heterocycles.